The van der Waals surface area contributed by atoms with Crippen LogP contribution < -0.4 is 5.73 Å². The minimum absolute atomic E-state index is 0.465. The van der Waals surface area contributed by atoms with E-state index >= 15 is 0 Å². The van der Waals surface area contributed by atoms with E-state index in [-0.39, 0.29) is 0 Å². The molecule has 5 heteroatoms. The highest BCUT2D eigenvalue weighted by molar-refractivity contribution is 14.1. The van der Waals surface area contributed by atoms with Crippen molar-refractivity contribution in [3.8, 4) is 10.6 Å². The lowest BCUT2D eigenvalue weighted by Crippen LogP contribution is -1.85. The van der Waals surface area contributed by atoms with Gasteiger partial charge in [0.15, 0.2) is 11.6 Å². The molecule has 0 saturated heterocycles. The predicted molar refractivity (Wildman–Crippen MR) is 66.3 cm³/mol. The fourth-order valence-electron chi connectivity index (χ4n) is 1.13. The third-order valence-corrected chi connectivity index (χ3v) is 4.16. The Balaban J connectivity index is 2.44. The minimum atomic E-state index is 0.465. The van der Waals surface area contributed by atoms with Crippen LogP contribution in [-0.4, -0.2) is 5.16 Å². The third-order valence-electron chi connectivity index (χ3n) is 1.89. The van der Waals surface area contributed by atoms with Crippen LogP contribution in [0.1, 0.15) is 11.8 Å². The molecule has 0 aliphatic rings. The maximum atomic E-state index is 5.61. The Hall–Kier alpha value is -0.560. The Morgan fingerprint density at radius 3 is 2.86 bits per heavy atom. The summed E-state index contributed by atoms with van der Waals surface area (Å²) in [5, 5.41) is 3.73. The van der Waals surface area contributed by atoms with Crippen LogP contribution >= 0.6 is 33.9 Å². The summed E-state index contributed by atoms with van der Waals surface area (Å²) < 4.78 is 6.06. The second-order valence-electron chi connectivity index (χ2n) is 2.83. The zero-order valence-corrected chi connectivity index (χ0v) is 10.6. The van der Waals surface area contributed by atoms with E-state index in [9.17, 15) is 0 Å². The van der Waals surface area contributed by atoms with E-state index in [0.29, 0.717) is 5.82 Å². The molecule has 0 atom stereocenters. The molecule has 0 aromatic carbocycles. The lowest BCUT2D eigenvalue weighted by atomic mass is 10.3. The molecule has 74 valence electrons. The lowest BCUT2D eigenvalue weighted by molar-refractivity contribution is 0.436. The number of rotatable bonds is 2. The number of hydrogen-bond donors (Lipinski definition) is 1. The van der Waals surface area contributed by atoms with E-state index in [1.54, 1.807) is 11.3 Å². The van der Waals surface area contributed by atoms with Crippen molar-refractivity contribution >= 4 is 39.7 Å². The zero-order chi connectivity index (χ0) is 10.1. The van der Waals surface area contributed by atoms with Crippen molar-refractivity contribution in [2.75, 3.05) is 5.73 Å². The summed E-state index contributed by atoms with van der Waals surface area (Å²) in [6.45, 7) is 2.13. The molecule has 3 nitrogen and oxygen atoms in total. The van der Waals surface area contributed by atoms with Gasteiger partial charge in [-0.05, 0) is 41.1 Å². The molecule has 2 heterocycles. The highest BCUT2D eigenvalue weighted by Crippen LogP contribution is 2.33. The molecule has 2 N–H and O–H groups in total. The molecule has 0 saturated carbocycles. The van der Waals surface area contributed by atoms with Gasteiger partial charge in [-0.2, -0.15) is 0 Å². The average molecular weight is 320 g/mol. The molecule has 0 amide bonds. The number of aryl methyl sites for hydroxylation is 1. The molecular weight excluding hydrogens is 311 g/mol. The number of nitrogens with zero attached hydrogens (tertiary/aromatic N) is 1. The summed E-state index contributed by atoms with van der Waals surface area (Å²) in [6, 6.07) is 4.15. The first-order chi connectivity index (χ1) is 6.72. The van der Waals surface area contributed by atoms with Crippen molar-refractivity contribution in [1.29, 1.82) is 0 Å². The molecule has 0 aliphatic carbocycles. The fraction of sp³-hybridized carbons (Fsp3) is 0.222. The maximum absolute atomic E-state index is 5.61. The van der Waals surface area contributed by atoms with E-state index < -0.39 is 0 Å². The van der Waals surface area contributed by atoms with Crippen LogP contribution in [0, 0.1) is 3.57 Å². The summed E-state index contributed by atoms with van der Waals surface area (Å²) in [4.78, 5) is 2.43. The molecule has 0 radical (unpaired) electrons. The monoisotopic (exact) mass is 320 g/mol. The summed E-state index contributed by atoms with van der Waals surface area (Å²) >= 11 is 3.87. The molecule has 2 rings (SSSR count). The number of nitrogens with two attached hydrogens (primary N) is 1. The van der Waals surface area contributed by atoms with Crippen molar-refractivity contribution in [2.45, 2.75) is 13.3 Å². The van der Waals surface area contributed by atoms with E-state index in [1.165, 1.54) is 4.88 Å². The number of aromatic nitrogens is 1. The second kappa shape index (κ2) is 3.90. The normalized spacial score (nSPS) is 10.7. The van der Waals surface area contributed by atoms with Crippen LogP contribution in [0.3, 0.4) is 0 Å². The van der Waals surface area contributed by atoms with Gasteiger partial charge in [-0.15, -0.1) is 11.3 Å². The van der Waals surface area contributed by atoms with Crippen LogP contribution in [-0.2, 0) is 6.42 Å². The lowest BCUT2D eigenvalue weighted by Gasteiger charge is -1.89. The molecular formula is C9H9IN2OS. The van der Waals surface area contributed by atoms with E-state index in [0.717, 1.165) is 20.6 Å². The zero-order valence-electron chi connectivity index (χ0n) is 7.58. The Kier molecular flexibility index (Phi) is 2.78. The van der Waals surface area contributed by atoms with E-state index in [2.05, 4.69) is 40.7 Å². The van der Waals surface area contributed by atoms with Gasteiger partial charge in [-0.3, -0.25) is 0 Å². The minimum Gasteiger partial charge on any atom is -0.380 e. The number of halogens is 1. The first-order valence-electron chi connectivity index (χ1n) is 4.22. The van der Waals surface area contributed by atoms with Crippen molar-refractivity contribution < 1.29 is 4.52 Å². The van der Waals surface area contributed by atoms with Crippen LogP contribution in [0.4, 0.5) is 5.82 Å². The van der Waals surface area contributed by atoms with Gasteiger partial charge in [0.05, 0.1) is 4.88 Å². The number of thiophene rings is 1. The average Bonchev–Trinajstić information content (AvgIpc) is 2.75. The summed E-state index contributed by atoms with van der Waals surface area (Å²) in [5.41, 5.74) is 5.61. The molecule has 0 unspecified atom stereocenters. The van der Waals surface area contributed by atoms with Crippen molar-refractivity contribution in [1.82, 2.24) is 5.16 Å². The molecule has 0 fully saturated rings. The first kappa shape index (κ1) is 9.97. The van der Waals surface area contributed by atoms with E-state index in [1.807, 2.05) is 6.07 Å². The summed E-state index contributed by atoms with van der Waals surface area (Å²) in [6.07, 6.45) is 1.05. The van der Waals surface area contributed by atoms with Gasteiger partial charge in [0, 0.05) is 4.88 Å². The maximum Gasteiger partial charge on any atom is 0.192 e. The Morgan fingerprint density at radius 1 is 1.57 bits per heavy atom. The molecule has 14 heavy (non-hydrogen) atoms. The van der Waals surface area contributed by atoms with Gasteiger partial charge < -0.3 is 10.3 Å². The molecule has 0 bridgehead atoms. The standard InChI is InChI=1S/C9H9IN2OS/c1-2-5-3-4-6(14-5)8-7(10)9(11)12-13-8/h3-4H,2H2,1H3,(H2,11,12). The number of nitrogen functional groups attached to an aromatic ring is 1. The Labute approximate surface area is 99.4 Å². The fourth-order valence-corrected chi connectivity index (χ4v) is 2.74. The molecule has 0 aliphatic heterocycles. The molecule has 2 aromatic rings. The highest BCUT2D eigenvalue weighted by Gasteiger charge is 2.14. The largest absolute Gasteiger partial charge is 0.380 e. The number of anilines is 1. The third kappa shape index (κ3) is 1.66. The second-order valence-corrected chi connectivity index (χ2v) is 5.08. The predicted octanol–water partition coefficient (Wildman–Crippen LogP) is 3.15. The van der Waals surface area contributed by atoms with Crippen LogP contribution in [0.25, 0.3) is 10.6 Å². The quantitative estimate of drug-likeness (QED) is 0.865. The van der Waals surface area contributed by atoms with Crippen LogP contribution in [0.2, 0.25) is 0 Å². The highest BCUT2D eigenvalue weighted by atomic mass is 127. The van der Waals surface area contributed by atoms with Crippen molar-refractivity contribution in [3.05, 3.63) is 20.6 Å². The van der Waals surface area contributed by atoms with Gasteiger partial charge in [0.1, 0.15) is 3.57 Å². The van der Waals surface area contributed by atoms with Crippen molar-refractivity contribution in [3.63, 3.8) is 0 Å². The van der Waals surface area contributed by atoms with Gasteiger partial charge in [-0.25, -0.2) is 0 Å². The SMILES string of the molecule is CCc1ccc(-c2onc(N)c2I)s1. The first-order valence-corrected chi connectivity index (χ1v) is 6.11. The Morgan fingerprint density at radius 2 is 2.36 bits per heavy atom. The number of hydrogen-bond acceptors (Lipinski definition) is 4. The van der Waals surface area contributed by atoms with Crippen LogP contribution in [0.5, 0.6) is 0 Å². The van der Waals surface area contributed by atoms with Gasteiger partial charge in [0.25, 0.3) is 0 Å². The van der Waals surface area contributed by atoms with Gasteiger partial charge in [-0.1, -0.05) is 12.1 Å². The Bertz CT molecular complexity index is 449. The summed E-state index contributed by atoms with van der Waals surface area (Å²) in [5.74, 6) is 1.25. The summed E-state index contributed by atoms with van der Waals surface area (Å²) in [7, 11) is 0. The van der Waals surface area contributed by atoms with E-state index in [4.69, 9.17) is 10.3 Å². The topological polar surface area (TPSA) is 52.0 Å². The molecule has 2 aromatic heterocycles. The van der Waals surface area contributed by atoms with Gasteiger partial charge in [0.2, 0.25) is 0 Å². The van der Waals surface area contributed by atoms with Crippen molar-refractivity contribution in [2.24, 2.45) is 0 Å². The molecule has 0 spiro atoms. The smallest absolute Gasteiger partial charge is 0.192 e. The van der Waals surface area contributed by atoms with Gasteiger partial charge >= 0.3 is 0 Å². The van der Waals surface area contributed by atoms with Crippen LogP contribution in [0.15, 0.2) is 16.7 Å².